The molecule has 0 aliphatic heterocycles. The molecule has 1 aromatic rings. The van der Waals surface area contributed by atoms with Crippen LogP contribution in [0.4, 0.5) is 0 Å². The number of hydrogen-bond acceptors (Lipinski definition) is 2. The van der Waals surface area contributed by atoms with Crippen molar-refractivity contribution in [2.75, 3.05) is 7.11 Å². The third kappa shape index (κ3) is 3.00. The summed E-state index contributed by atoms with van der Waals surface area (Å²) in [6.07, 6.45) is 14.2. The molecule has 5 rings (SSSR count). The number of fused-ring (bicyclic) bond motifs is 5. The normalized spacial score (nSPS) is 45.4. The Labute approximate surface area is 176 Å². The standard InChI is InChI=1S/C27H38O2/c1-26-14-5-4-6-20(26)9-12-22-23(26)13-15-27(2)24(22)17-19(25(27)28)16-18-7-10-21(29-3)11-8-18/h7-8,10-11,16,20,22-25,28H,4-6,9,12-15,17H2,1-3H3/b19-16+/t20-,22+,23+,24+,25-,26-,27-/m0/s1. The first-order valence-electron chi connectivity index (χ1n) is 12.0. The molecule has 0 amide bonds. The lowest BCUT2D eigenvalue weighted by Crippen LogP contribution is -2.53. The lowest BCUT2D eigenvalue weighted by molar-refractivity contribution is -0.119. The average molecular weight is 395 g/mol. The highest BCUT2D eigenvalue weighted by atomic mass is 16.5. The molecule has 158 valence electrons. The molecule has 4 aliphatic carbocycles. The second-order valence-corrected chi connectivity index (χ2v) is 11.0. The fourth-order valence-corrected chi connectivity index (χ4v) is 8.21. The van der Waals surface area contributed by atoms with Gasteiger partial charge in [0, 0.05) is 5.41 Å². The van der Waals surface area contributed by atoms with E-state index >= 15 is 0 Å². The SMILES string of the molecule is COc1ccc(/C=C2\C[C@@H]3[C@@H]4CC[C@@H]5CCCC[C@]5(C)[C@@H]4CC[C@]3(C)[C@H]2O)cc1. The number of benzene rings is 1. The van der Waals surface area contributed by atoms with Gasteiger partial charge in [-0.05, 0) is 97.3 Å². The van der Waals surface area contributed by atoms with Crippen LogP contribution in [-0.4, -0.2) is 18.3 Å². The van der Waals surface area contributed by atoms with E-state index in [1.165, 1.54) is 62.5 Å². The van der Waals surface area contributed by atoms with Crippen LogP contribution in [0.5, 0.6) is 5.75 Å². The molecule has 1 aromatic carbocycles. The highest BCUT2D eigenvalue weighted by Crippen LogP contribution is 2.67. The summed E-state index contributed by atoms with van der Waals surface area (Å²) >= 11 is 0. The molecular weight excluding hydrogens is 356 g/mol. The molecule has 0 spiro atoms. The fourth-order valence-electron chi connectivity index (χ4n) is 8.21. The first-order valence-corrected chi connectivity index (χ1v) is 12.0. The number of rotatable bonds is 2. The van der Waals surface area contributed by atoms with Gasteiger partial charge in [-0.25, -0.2) is 0 Å². The molecule has 0 aromatic heterocycles. The van der Waals surface area contributed by atoms with Crippen molar-refractivity contribution in [2.45, 2.75) is 77.7 Å². The second kappa shape index (κ2) is 7.15. The molecule has 0 heterocycles. The summed E-state index contributed by atoms with van der Waals surface area (Å²) in [5.41, 5.74) is 3.08. The zero-order valence-corrected chi connectivity index (χ0v) is 18.5. The monoisotopic (exact) mass is 394 g/mol. The van der Waals surface area contributed by atoms with Gasteiger partial charge in [0.2, 0.25) is 0 Å². The molecule has 29 heavy (non-hydrogen) atoms. The Balaban J connectivity index is 1.43. The van der Waals surface area contributed by atoms with Crippen LogP contribution in [0.2, 0.25) is 0 Å². The molecule has 0 saturated heterocycles. The highest BCUT2D eigenvalue weighted by Gasteiger charge is 2.60. The lowest BCUT2D eigenvalue weighted by Gasteiger charge is -2.60. The summed E-state index contributed by atoms with van der Waals surface area (Å²) in [7, 11) is 1.71. The van der Waals surface area contributed by atoms with Gasteiger partial charge in [0.05, 0.1) is 13.2 Å². The molecule has 0 unspecified atom stereocenters. The van der Waals surface area contributed by atoms with Crippen molar-refractivity contribution >= 4 is 6.08 Å². The van der Waals surface area contributed by atoms with Crippen molar-refractivity contribution in [3.05, 3.63) is 35.4 Å². The van der Waals surface area contributed by atoms with E-state index in [1.807, 2.05) is 12.1 Å². The van der Waals surface area contributed by atoms with E-state index in [9.17, 15) is 5.11 Å². The zero-order valence-electron chi connectivity index (χ0n) is 18.5. The smallest absolute Gasteiger partial charge is 0.118 e. The number of ether oxygens (including phenoxy) is 1. The summed E-state index contributed by atoms with van der Waals surface area (Å²) in [5, 5.41) is 11.4. The number of aliphatic hydroxyl groups excluding tert-OH is 1. The van der Waals surface area contributed by atoms with E-state index in [1.54, 1.807) is 7.11 Å². The predicted octanol–water partition coefficient (Wildman–Crippen LogP) is 6.48. The zero-order chi connectivity index (χ0) is 20.2. The number of aliphatic hydroxyl groups is 1. The Kier molecular flexibility index (Phi) is 4.85. The molecular formula is C27H38O2. The van der Waals surface area contributed by atoms with E-state index in [-0.39, 0.29) is 11.5 Å². The van der Waals surface area contributed by atoms with E-state index in [2.05, 4.69) is 32.1 Å². The minimum atomic E-state index is -0.285. The van der Waals surface area contributed by atoms with Crippen LogP contribution in [0.15, 0.2) is 29.8 Å². The summed E-state index contributed by atoms with van der Waals surface area (Å²) in [4.78, 5) is 0. The van der Waals surface area contributed by atoms with Crippen molar-refractivity contribution in [3.8, 4) is 5.75 Å². The molecule has 0 radical (unpaired) electrons. The molecule has 2 nitrogen and oxygen atoms in total. The lowest BCUT2D eigenvalue weighted by atomic mass is 9.45. The Bertz CT molecular complexity index is 780. The van der Waals surface area contributed by atoms with E-state index < -0.39 is 0 Å². The average Bonchev–Trinajstić information content (AvgIpc) is 2.99. The van der Waals surface area contributed by atoms with Gasteiger partial charge in [-0.2, -0.15) is 0 Å². The van der Waals surface area contributed by atoms with E-state index in [0.717, 1.165) is 29.9 Å². The first kappa shape index (κ1) is 19.7. The van der Waals surface area contributed by atoms with Crippen molar-refractivity contribution in [1.29, 1.82) is 0 Å². The first-order chi connectivity index (χ1) is 14.0. The maximum absolute atomic E-state index is 11.4. The van der Waals surface area contributed by atoms with E-state index in [4.69, 9.17) is 4.74 Å². The molecule has 1 N–H and O–H groups in total. The van der Waals surface area contributed by atoms with Gasteiger partial charge in [0.25, 0.3) is 0 Å². The van der Waals surface area contributed by atoms with Crippen LogP contribution in [0.25, 0.3) is 6.08 Å². The molecule has 4 saturated carbocycles. The van der Waals surface area contributed by atoms with Crippen molar-refractivity contribution in [3.63, 3.8) is 0 Å². The van der Waals surface area contributed by atoms with Gasteiger partial charge in [-0.3, -0.25) is 0 Å². The summed E-state index contributed by atoms with van der Waals surface area (Å²) in [6.45, 7) is 5.03. The number of methoxy groups -OCH3 is 1. The minimum Gasteiger partial charge on any atom is -0.497 e. The van der Waals surface area contributed by atoms with Gasteiger partial charge in [-0.1, -0.05) is 44.9 Å². The van der Waals surface area contributed by atoms with Crippen LogP contribution in [0.1, 0.15) is 77.2 Å². The summed E-state index contributed by atoms with van der Waals surface area (Å²) in [5.74, 6) is 4.19. The molecule has 0 bridgehead atoms. The third-order valence-electron chi connectivity index (χ3n) is 9.92. The van der Waals surface area contributed by atoms with Crippen LogP contribution < -0.4 is 4.74 Å². The van der Waals surface area contributed by atoms with Crippen LogP contribution in [0.3, 0.4) is 0 Å². The predicted molar refractivity (Wildman–Crippen MR) is 119 cm³/mol. The molecule has 7 atom stereocenters. The fraction of sp³-hybridized carbons (Fsp3) is 0.704. The Morgan fingerprint density at radius 3 is 2.48 bits per heavy atom. The maximum Gasteiger partial charge on any atom is 0.118 e. The van der Waals surface area contributed by atoms with Crippen LogP contribution >= 0.6 is 0 Å². The van der Waals surface area contributed by atoms with Gasteiger partial charge in [-0.15, -0.1) is 0 Å². The van der Waals surface area contributed by atoms with Crippen molar-refractivity contribution < 1.29 is 9.84 Å². The minimum absolute atomic E-state index is 0.0668. The Morgan fingerprint density at radius 2 is 1.72 bits per heavy atom. The summed E-state index contributed by atoms with van der Waals surface area (Å²) < 4.78 is 5.30. The second-order valence-electron chi connectivity index (χ2n) is 11.0. The van der Waals surface area contributed by atoms with E-state index in [0.29, 0.717) is 11.3 Å². The van der Waals surface area contributed by atoms with Crippen molar-refractivity contribution in [1.82, 2.24) is 0 Å². The molecule has 4 fully saturated rings. The summed E-state index contributed by atoms with van der Waals surface area (Å²) in [6, 6.07) is 8.26. The van der Waals surface area contributed by atoms with Gasteiger partial charge < -0.3 is 9.84 Å². The van der Waals surface area contributed by atoms with Gasteiger partial charge in [0.1, 0.15) is 5.75 Å². The van der Waals surface area contributed by atoms with Gasteiger partial charge in [0.15, 0.2) is 0 Å². The maximum atomic E-state index is 11.4. The van der Waals surface area contributed by atoms with Gasteiger partial charge >= 0.3 is 0 Å². The van der Waals surface area contributed by atoms with Crippen LogP contribution in [0, 0.1) is 34.5 Å². The largest absolute Gasteiger partial charge is 0.497 e. The Morgan fingerprint density at radius 1 is 0.931 bits per heavy atom. The van der Waals surface area contributed by atoms with Crippen LogP contribution in [-0.2, 0) is 0 Å². The van der Waals surface area contributed by atoms with Crippen molar-refractivity contribution in [2.24, 2.45) is 34.5 Å². The molecule has 4 aliphatic rings. The quantitative estimate of drug-likeness (QED) is 0.622. The molecule has 2 heteroatoms. The Hall–Kier alpha value is -1.28. The number of hydrogen-bond donors (Lipinski definition) is 1. The highest BCUT2D eigenvalue weighted by molar-refractivity contribution is 5.56. The topological polar surface area (TPSA) is 29.5 Å². The third-order valence-corrected chi connectivity index (χ3v) is 9.92.